The van der Waals surface area contributed by atoms with Crippen LogP contribution >= 0.6 is 0 Å². The topological polar surface area (TPSA) is 40.5 Å². The molecule has 7 heteroatoms. The first-order chi connectivity index (χ1) is 8.26. The Bertz CT molecular complexity index is 445. The number of rotatable bonds is 4. The number of alkyl halides is 3. The lowest BCUT2D eigenvalue weighted by atomic mass is 10.1. The van der Waals surface area contributed by atoms with Crippen LogP contribution in [0.5, 0.6) is 0 Å². The molecular weight excluding hydrogens is 254 g/mol. The van der Waals surface area contributed by atoms with Crippen LogP contribution in [0.3, 0.4) is 0 Å². The van der Waals surface area contributed by atoms with E-state index < -0.39 is 35.8 Å². The zero-order chi connectivity index (χ0) is 13.9. The first kappa shape index (κ1) is 14.3. The number of hydrogen-bond acceptors (Lipinski definition) is 2. The van der Waals surface area contributed by atoms with E-state index in [-0.39, 0.29) is 6.54 Å². The van der Waals surface area contributed by atoms with Gasteiger partial charge in [0.2, 0.25) is 0 Å². The maximum atomic E-state index is 13.6. The molecule has 0 amide bonds. The summed E-state index contributed by atoms with van der Waals surface area (Å²) in [5.41, 5.74) is -1.02. The smallest absolute Gasteiger partial charge is 0.405 e. The van der Waals surface area contributed by atoms with Gasteiger partial charge in [0.25, 0.3) is 0 Å². The van der Waals surface area contributed by atoms with Crippen LogP contribution in [0.2, 0.25) is 0 Å². The van der Waals surface area contributed by atoms with Crippen molar-refractivity contribution in [3.8, 4) is 0 Å². The summed E-state index contributed by atoms with van der Waals surface area (Å²) >= 11 is 0. The summed E-state index contributed by atoms with van der Waals surface area (Å²) in [4.78, 5) is 11.5. The Labute approximate surface area is 101 Å². The van der Waals surface area contributed by atoms with E-state index in [2.05, 4.69) is 0 Å². The minimum atomic E-state index is -4.53. The van der Waals surface area contributed by atoms with Crippen molar-refractivity contribution in [3.05, 3.63) is 29.6 Å². The molecule has 3 nitrogen and oxygen atoms in total. The maximum absolute atomic E-state index is 13.6. The summed E-state index contributed by atoms with van der Waals surface area (Å²) in [6.45, 7) is -0.157. The molecule has 18 heavy (non-hydrogen) atoms. The third-order valence-corrected chi connectivity index (χ3v) is 2.29. The molecule has 0 aliphatic carbocycles. The van der Waals surface area contributed by atoms with Crippen molar-refractivity contribution in [1.29, 1.82) is 0 Å². The normalized spacial score (nSPS) is 11.4. The highest BCUT2D eigenvalue weighted by Crippen LogP contribution is 2.28. The molecule has 0 spiro atoms. The fraction of sp³-hybridized carbons (Fsp3) is 0.364. The SMILES string of the molecule is CCN(CC(F)(F)F)c1c(F)cccc1C(=O)O. The second kappa shape index (κ2) is 5.24. The highest BCUT2D eigenvalue weighted by atomic mass is 19.4. The van der Waals surface area contributed by atoms with Gasteiger partial charge in [-0.2, -0.15) is 13.2 Å². The molecule has 0 aliphatic rings. The number of carboxylic acid groups (broad SMARTS) is 1. The minimum Gasteiger partial charge on any atom is -0.478 e. The van der Waals surface area contributed by atoms with Crippen molar-refractivity contribution >= 4 is 11.7 Å². The standard InChI is InChI=1S/C11H11F4NO2/c1-2-16(6-11(13,14)15)9-7(10(17)18)4-3-5-8(9)12/h3-5H,2,6H2,1H3,(H,17,18). The van der Waals surface area contributed by atoms with E-state index in [4.69, 9.17) is 5.11 Å². The van der Waals surface area contributed by atoms with Gasteiger partial charge < -0.3 is 10.0 Å². The van der Waals surface area contributed by atoms with E-state index in [9.17, 15) is 22.4 Å². The van der Waals surface area contributed by atoms with Crippen molar-refractivity contribution in [3.63, 3.8) is 0 Å². The summed E-state index contributed by atoms with van der Waals surface area (Å²) in [5.74, 6) is -2.45. The van der Waals surface area contributed by atoms with Gasteiger partial charge in [0, 0.05) is 6.54 Å². The maximum Gasteiger partial charge on any atom is 0.405 e. The third-order valence-electron chi connectivity index (χ3n) is 2.29. The molecule has 0 bridgehead atoms. The number of halogens is 4. The molecule has 0 atom stereocenters. The highest BCUT2D eigenvalue weighted by Gasteiger charge is 2.32. The van der Waals surface area contributed by atoms with E-state index in [1.54, 1.807) is 0 Å². The van der Waals surface area contributed by atoms with E-state index in [0.717, 1.165) is 18.2 Å². The van der Waals surface area contributed by atoms with Crippen molar-refractivity contribution in [2.24, 2.45) is 0 Å². The summed E-state index contributed by atoms with van der Waals surface area (Å²) < 4.78 is 50.5. The van der Waals surface area contributed by atoms with Gasteiger partial charge >= 0.3 is 12.1 Å². The van der Waals surface area contributed by atoms with Crippen LogP contribution in [-0.4, -0.2) is 30.3 Å². The summed E-state index contributed by atoms with van der Waals surface area (Å²) in [7, 11) is 0. The van der Waals surface area contributed by atoms with Gasteiger partial charge in [-0.3, -0.25) is 0 Å². The Kier molecular flexibility index (Phi) is 4.15. The molecule has 1 N–H and O–H groups in total. The van der Waals surface area contributed by atoms with Crippen LogP contribution in [0.15, 0.2) is 18.2 Å². The lowest BCUT2D eigenvalue weighted by molar-refractivity contribution is -0.119. The molecule has 1 rings (SSSR count). The van der Waals surface area contributed by atoms with E-state index in [1.165, 1.54) is 6.92 Å². The van der Waals surface area contributed by atoms with Gasteiger partial charge in [-0.1, -0.05) is 6.07 Å². The number of hydrogen-bond donors (Lipinski definition) is 1. The number of carboxylic acids is 1. The number of aromatic carboxylic acids is 1. The first-order valence-corrected chi connectivity index (χ1v) is 5.09. The molecule has 0 unspecified atom stereocenters. The molecule has 1 aromatic carbocycles. The first-order valence-electron chi connectivity index (χ1n) is 5.09. The van der Waals surface area contributed by atoms with Crippen LogP contribution in [0, 0.1) is 5.82 Å². The molecule has 0 aromatic heterocycles. The summed E-state index contributed by atoms with van der Waals surface area (Å²) in [6, 6.07) is 3.14. The lowest BCUT2D eigenvalue weighted by Gasteiger charge is -2.26. The third kappa shape index (κ3) is 3.35. The molecule has 0 saturated heterocycles. The van der Waals surface area contributed by atoms with Crippen molar-refractivity contribution in [2.45, 2.75) is 13.1 Å². The van der Waals surface area contributed by atoms with Gasteiger partial charge in [0.1, 0.15) is 12.4 Å². The van der Waals surface area contributed by atoms with Gasteiger partial charge in [-0.05, 0) is 19.1 Å². The van der Waals surface area contributed by atoms with Gasteiger partial charge in [0.15, 0.2) is 0 Å². The summed E-state index contributed by atoms with van der Waals surface area (Å²) in [5, 5.41) is 8.86. The Morgan fingerprint density at radius 1 is 1.39 bits per heavy atom. The minimum absolute atomic E-state index is 0.152. The van der Waals surface area contributed by atoms with E-state index in [1.807, 2.05) is 0 Å². The van der Waals surface area contributed by atoms with Crippen LogP contribution in [0.25, 0.3) is 0 Å². The fourth-order valence-electron chi connectivity index (χ4n) is 1.57. The van der Waals surface area contributed by atoms with Crippen LogP contribution in [0.4, 0.5) is 23.2 Å². The van der Waals surface area contributed by atoms with E-state index in [0.29, 0.717) is 4.90 Å². The van der Waals surface area contributed by atoms with Crippen molar-refractivity contribution < 1.29 is 27.5 Å². The molecule has 100 valence electrons. The predicted molar refractivity (Wildman–Crippen MR) is 57.3 cm³/mol. The molecule has 0 radical (unpaired) electrons. The van der Waals surface area contributed by atoms with E-state index >= 15 is 0 Å². The quantitative estimate of drug-likeness (QED) is 0.851. The monoisotopic (exact) mass is 265 g/mol. The number of carbonyl (C=O) groups is 1. The molecule has 0 heterocycles. The Morgan fingerprint density at radius 3 is 2.44 bits per heavy atom. The number of nitrogens with zero attached hydrogens (tertiary/aromatic N) is 1. The molecule has 0 fully saturated rings. The second-order valence-electron chi connectivity index (χ2n) is 3.57. The van der Waals surface area contributed by atoms with Crippen molar-refractivity contribution in [1.82, 2.24) is 0 Å². The number of para-hydroxylation sites is 1. The molecule has 0 saturated carbocycles. The highest BCUT2D eigenvalue weighted by molar-refractivity contribution is 5.94. The average Bonchev–Trinajstić information content (AvgIpc) is 2.24. The Morgan fingerprint density at radius 2 is 2.00 bits per heavy atom. The Hall–Kier alpha value is -1.79. The van der Waals surface area contributed by atoms with Crippen LogP contribution in [-0.2, 0) is 0 Å². The zero-order valence-electron chi connectivity index (χ0n) is 9.46. The van der Waals surface area contributed by atoms with Gasteiger partial charge in [-0.15, -0.1) is 0 Å². The second-order valence-corrected chi connectivity index (χ2v) is 3.57. The lowest BCUT2D eigenvalue weighted by Crippen LogP contribution is -2.35. The summed E-state index contributed by atoms with van der Waals surface area (Å²) in [6.07, 6.45) is -4.53. The number of benzene rings is 1. The number of anilines is 1. The molecule has 1 aromatic rings. The Balaban J connectivity index is 3.24. The molecule has 0 aliphatic heterocycles. The predicted octanol–water partition coefficient (Wildman–Crippen LogP) is 2.91. The van der Waals surface area contributed by atoms with Gasteiger partial charge in [0.05, 0.1) is 11.3 Å². The van der Waals surface area contributed by atoms with Crippen LogP contribution < -0.4 is 4.90 Å². The largest absolute Gasteiger partial charge is 0.478 e. The van der Waals surface area contributed by atoms with Gasteiger partial charge in [-0.25, -0.2) is 9.18 Å². The fourth-order valence-corrected chi connectivity index (χ4v) is 1.57. The molecular formula is C11H11F4NO2. The van der Waals surface area contributed by atoms with Crippen LogP contribution in [0.1, 0.15) is 17.3 Å². The van der Waals surface area contributed by atoms with Crippen molar-refractivity contribution in [2.75, 3.05) is 18.0 Å². The average molecular weight is 265 g/mol. The zero-order valence-corrected chi connectivity index (χ0v) is 9.46.